The molecule has 0 aliphatic carbocycles. The lowest BCUT2D eigenvalue weighted by molar-refractivity contribution is 0.103. The third kappa shape index (κ3) is 3.69. The highest BCUT2D eigenvalue weighted by Crippen LogP contribution is 2.44. The van der Waals surface area contributed by atoms with E-state index >= 15 is 0 Å². The van der Waals surface area contributed by atoms with Crippen LogP contribution >= 0.6 is 0 Å². The standard InChI is InChI=1S/C21H23NO5/c1-4-13(19(23)14-6-8-17(25-5-2)16(22)11-14)10-15-7-9-18-21(20(15)24-3)27-12-26-18/h6-11H,4-5,12,22H2,1-3H3. The zero-order valence-electron chi connectivity index (χ0n) is 15.7. The molecule has 2 aromatic rings. The van der Waals surface area contributed by atoms with Gasteiger partial charge in [0.15, 0.2) is 17.3 Å². The van der Waals surface area contributed by atoms with Crippen molar-refractivity contribution < 1.29 is 23.7 Å². The van der Waals surface area contributed by atoms with Gasteiger partial charge in [-0.15, -0.1) is 0 Å². The van der Waals surface area contributed by atoms with Crippen molar-refractivity contribution in [3.8, 4) is 23.0 Å². The first-order valence-electron chi connectivity index (χ1n) is 8.83. The van der Waals surface area contributed by atoms with Crippen molar-refractivity contribution in [1.82, 2.24) is 0 Å². The number of anilines is 1. The monoisotopic (exact) mass is 369 g/mol. The zero-order valence-corrected chi connectivity index (χ0v) is 15.7. The van der Waals surface area contributed by atoms with Gasteiger partial charge in [-0.2, -0.15) is 0 Å². The fourth-order valence-corrected chi connectivity index (χ4v) is 2.96. The van der Waals surface area contributed by atoms with E-state index in [0.717, 1.165) is 5.56 Å². The van der Waals surface area contributed by atoms with Crippen molar-refractivity contribution in [2.45, 2.75) is 20.3 Å². The summed E-state index contributed by atoms with van der Waals surface area (Å²) in [6.07, 6.45) is 2.37. The third-order valence-electron chi connectivity index (χ3n) is 4.30. The Bertz CT molecular complexity index is 888. The number of nitrogen functional groups attached to an aromatic ring is 1. The molecule has 6 heteroatoms. The number of hydrogen-bond donors (Lipinski definition) is 1. The molecule has 6 nitrogen and oxygen atoms in total. The SMILES string of the molecule is CCOc1ccc(C(=O)C(=Cc2ccc3c(c2OC)OCO3)CC)cc1N. The molecule has 0 saturated carbocycles. The number of fused-ring (bicyclic) bond motifs is 1. The van der Waals surface area contributed by atoms with Crippen molar-refractivity contribution in [2.75, 3.05) is 26.2 Å². The topological polar surface area (TPSA) is 80.0 Å². The van der Waals surface area contributed by atoms with Crippen LogP contribution in [0.4, 0.5) is 5.69 Å². The van der Waals surface area contributed by atoms with E-state index in [2.05, 4.69) is 0 Å². The first kappa shape index (κ1) is 18.6. The van der Waals surface area contributed by atoms with E-state index < -0.39 is 0 Å². The Morgan fingerprint density at radius 3 is 2.70 bits per heavy atom. The van der Waals surface area contributed by atoms with Crippen LogP contribution in [0.2, 0.25) is 0 Å². The third-order valence-corrected chi connectivity index (χ3v) is 4.30. The predicted octanol–water partition coefficient (Wildman–Crippen LogP) is 4.08. The van der Waals surface area contributed by atoms with Crippen LogP contribution in [0.1, 0.15) is 36.2 Å². The van der Waals surface area contributed by atoms with Crippen LogP contribution < -0.4 is 24.7 Å². The number of allylic oxidation sites excluding steroid dienone is 1. The summed E-state index contributed by atoms with van der Waals surface area (Å²) in [5.74, 6) is 2.22. The van der Waals surface area contributed by atoms with E-state index in [0.29, 0.717) is 52.8 Å². The maximum Gasteiger partial charge on any atom is 0.231 e. The summed E-state index contributed by atoms with van der Waals surface area (Å²) in [4.78, 5) is 13.0. The Kier molecular flexibility index (Phi) is 5.54. The Labute approximate surface area is 158 Å². The van der Waals surface area contributed by atoms with Gasteiger partial charge in [-0.3, -0.25) is 4.79 Å². The lowest BCUT2D eigenvalue weighted by atomic mass is 9.98. The van der Waals surface area contributed by atoms with Crippen molar-refractivity contribution in [3.63, 3.8) is 0 Å². The second kappa shape index (κ2) is 8.03. The van der Waals surface area contributed by atoms with Gasteiger partial charge in [0, 0.05) is 16.7 Å². The largest absolute Gasteiger partial charge is 0.492 e. The van der Waals surface area contributed by atoms with E-state index in [-0.39, 0.29) is 12.6 Å². The molecule has 1 aliphatic heterocycles. The molecule has 142 valence electrons. The summed E-state index contributed by atoms with van der Waals surface area (Å²) >= 11 is 0. The number of rotatable bonds is 7. The molecule has 0 saturated heterocycles. The molecular formula is C21H23NO5. The minimum absolute atomic E-state index is 0.0908. The lowest BCUT2D eigenvalue weighted by Gasteiger charge is -2.11. The van der Waals surface area contributed by atoms with E-state index in [9.17, 15) is 4.79 Å². The summed E-state index contributed by atoms with van der Waals surface area (Å²) < 4.78 is 21.8. The second-order valence-electron chi connectivity index (χ2n) is 5.96. The number of nitrogens with two attached hydrogens (primary N) is 1. The average Bonchev–Trinajstić information content (AvgIpc) is 3.15. The first-order chi connectivity index (χ1) is 13.1. The van der Waals surface area contributed by atoms with E-state index in [1.165, 1.54) is 0 Å². The molecule has 0 amide bonds. The van der Waals surface area contributed by atoms with Gasteiger partial charge in [-0.25, -0.2) is 0 Å². The van der Waals surface area contributed by atoms with Gasteiger partial charge in [-0.1, -0.05) is 6.92 Å². The van der Waals surface area contributed by atoms with Crippen LogP contribution in [0, 0.1) is 0 Å². The van der Waals surface area contributed by atoms with Gasteiger partial charge in [-0.05, 0) is 49.8 Å². The number of ketones is 1. The molecule has 0 aromatic heterocycles. The van der Waals surface area contributed by atoms with Gasteiger partial charge in [0.1, 0.15) is 5.75 Å². The quantitative estimate of drug-likeness (QED) is 0.450. The van der Waals surface area contributed by atoms with Crippen molar-refractivity contribution in [3.05, 3.63) is 47.0 Å². The Morgan fingerprint density at radius 1 is 1.22 bits per heavy atom. The first-order valence-corrected chi connectivity index (χ1v) is 8.83. The number of benzene rings is 2. The molecule has 1 heterocycles. The summed E-state index contributed by atoms with van der Waals surface area (Å²) in [5.41, 5.74) is 8.35. The minimum Gasteiger partial charge on any atom is -0.492 e. The molecular weight excluding hydrogens is 346 g/mol. The molecule has 1 aliphatic rings. The van der Waals surface area contributed by atoms with Crippen molar-refractivity contribution in [2.24, 2.45) is 0 Å². The lowest BCUT2D eigenvalue weighted by Crippen LogP contribution is -2.05. The van der Waals surface area contributed by atoms with Crippen LogP contribution in [-0.2, 0) is 0 Å². The maximum atomic E-state index is 13.0. The second-order valence-corrected chi connectivity index (χ2v) is 5.96. The molecule has 0 spiro atoms. The molecule has 0 fully saturated rings. The summed E-state index contributed by atoms with van der Waals surface area (Å²) in [6.45, 7) is 4.49. The molecule has 0 radical (unpaired) electrons. The molecule has 0 atom stereocenters. The van der Waals surface area contributed by atoms with Crippen molar-refractivity contribution in [1.29, 1.82) is 0 Å². The number of hydrogen-bond acceptors (Lipinski definition) is 6. The van der Waals surface area contributed by atoms with E-state index in [1.807, 2.05) is 32.1 Å². The molecule has 27 heavy (non-hydrogen) atoms. The Morgan fingerprint density at radius 2 is 2.04 bits per heavy atom. The highest BCUT2D eigenvalue weighted by atomic mass is 16.7. The van der Waals surface area contributed by atoms with Crippen LogP contribution in [0.5, 0.6) is 23.0 Å². The number of carbonyl (C=O) groups is 1. The summed E-state index contributed by atoms with van der Waals surface area (Å²) in [6, 6.07) is 8.75. The molecule has 3 rings (SSSR count). The van der Waals surface area contributed by atoms with Crippen LogP contribution in [0.15, 0.2) is 35.9 Å². The molecule has 0 unspecified atom stereocenters. The van der Waals surface area contributed by atoms with Crippen molar-refractivity contribution >= 4 is 17.5 Å². The van der Waals surface area contributed by atoms with E-state index in [1.54, 1.807) is 25.3 Å². The van der Waals surface area contributed by atoms with Gasteiger partial charge >= 0.3 is 0 Å². The minimum atomic E-state index is -0.0908. The van der Waals surface area contributed by atoms with Crippen LogP contribution in [0.25, 0.3) is 6.08 Å². The molecule has 0 bridgehead atoms. The zero-order chi connectivity index (χ0) is 19.4. The van der Waals surface area contributed by atoms with E-state index in [4.69, 9.17) is 24.7 Å². The fourth-order valence-electron chi connectivity index (χ4n) is 2.96. The molecule has 2 aromatic carbocycles. The van der Waals surface area contributed by atoms with Gasteiger partial charge in [0.05, 0.1) is 19.4 Å². The average molecular weight is 369 g/mol. The van der Waals surface area contributed by atoms with Gasteiger partial charge in [0.25, 0.3) is 0 Å². The van der Waals surface area contributed by atoms with Crippen LogP contribution in [-0.4, -0.2) is 26.3 Å². The maximum absolute atomic E-state index is 13.0. The normalized spacial score (nSPS) is 12.8. The molecule has 2 N–H and O–H groups in total. The summed E-state index contributed by atoms with van der Waals surface area (Å²) in [7, 11) is 1.56. The van der Waals surface area contributed by atoms with Gasteiger partial charge in [0.2, 0.25) is 12.5 Å². The number of methoxy groups -OCH3 is 1. The highest BCUT2D eigenvalue weighted by molar-refractivity contribution is 6.12. The fraction of sp³-hybridized carbons (Fsp3) is 0.286. The number of ether oxygens (including phenoxy) is 4. The Balaban J connectivity index is 1.95. The highest BCUT2D eigenvalue weighted by Gasteiger charge is 2.22. The Hall–Kier alpha value is -3.15. The summed E-state index contributed by atoms with van der Waals surface area (Å²) in [5, 5.41) is 0. The number of Topliss-reactive ketones (excluding diaryl/α,β-unsaturated/α-hetero) is 1. The number of carbonyl (C=O) groups excluding carboxylic acids is 1. The van der Waals surface area contributed by atoms with Gasteiger partial charge < -0.3 is 24.7 Å². The smallest absolute Gasteiger partial charge is 0.231 e. The predicted molar refractivity (Wildman–Crippen MR) is 104 cm³/mol. The van der Waals surface area contributed by atoms with Crippen LogP contribution in [0.3, 0.4) is 0 Å².